The molecule has 2 aliphatic rings. The Morgan fingerprint density at radius 3 is 2.92 bits per heavy atom. The summed E-state index contributed by atoms with van der Waals surface area (Å²) in [5.41, 5.74) is 0. The maximum absolute atomic E-state index is 11.9. The standard InChI is InChI=1S/C15H25N5O3S/c1-19-13(10-20-4-7-22-8-5-20)17-18-15(19)24-11-14(21)16-9-12-3-2-6-23-12/h12H,2-11H2,1H3,(H,16,21)/t12-/m0/s1. The molecule has 2 fully saturated rings. The van der Waals surface area contributed by atoms with E-state index in [-0.39, 0.29) is 12.0 Å². The van der Waals surface area contributed by atoms with E-state index in [0.717, 1.165) is 63.3 Å². The normalized spacial score (nSPS) is 22.0. The molecule has 0 saturated carbocycles. The van der Waals surface area contributed by atoms with E-state index in [1.54, 1.807) is 0 Å². The molecular weight excluding hydrogens is 330 g/mol. The van der Waals surface area contributed by atoms with Gasteiger partial charge in [-0.05, 0) is 12.8 Å². The fourth-order valence-electron chi connectivity index (χ4n) is 2.78. The van der Waals surface area contributed by atoms with Gasteiger partial charge in [-0.25, -0.2) is 0 Å². The number of rotatable bonds is 7. The van der Waals surface area contributed by atoms with Gasteiger partial charge in [0.2, 0.25) is 5.91 Å². The molecular formula is C15H25N5O3S. The SMILES string of the molecule is Cn1c(CN2CCOCC2)nnc1SCC(=O)NC[C@@H]1CCCO1. The lowest BCUT2D eigenvalue weighted by atomic mass is 10.2. The predicted molar refractivity (Wildman–Crippen MR) is 89.8 cm³/mol. The monoisotopic (exact) mass is 355 g/mol. The number of nitrogens with zero attached hydrogens (tertiary/aromatic N) is 4. The zero-order valence-corrected chi connectivity index (χ0v) is 14.9. The molecule has 1 N–H and O–H groups in total. The van der Waals surface area contributed by atoms with Crippen LogP contribution in [0.5, 0.6) is 0 Å². The number of carbonyl (C=O) groups excluding carboxylic acids is 1. The Morgan fingerprint density at radius 2 is 2.17 bits per heavy atom. The van der Waals surface area contributed by atoms with E-state index in [2.05, 4.69) is 20.4 Å². The van der Waals surface area contributed by atoms with Crippen molar-refractivity contribution in [3.8, 4) is 0 Å². The Balaban J connectivity index is 1.42. The van der Waals surface area contributed by atoms with Crippen LogP contribution in [0.15, 0.2) is 5.16 Å². The molecule has 24 heavy (non-hydrogen) atoms. The second-order valence-electron chi connectivity index (χ2n) is 6.07. The van der Waals surface area contributed by atoms with Crippen LogP contribution in [0.3, 0.4) is 0 Å². The van der Waals surface area contributed by atoms with E-state index in [9.17, 15) is 4.79 Å². The lowest BCUT2D eigenvalue weighted by Gasteiger charge is -2.25. The Labute approximate surface area is 146 Å². The Bertz CT molecular complexity index is 541. The van der Waals surface area contributed by atoms with E-state index in [0.29, 0.717) is 12.3 Å². The molecule has 0 aliphatic carbocycles. The van der Waals surface area contributed by atoms with Crippen molar-refractivity contribution in [3.05, 3.63) is 5.82 Å². The summed E-state index contributed by atoms with van der Waals surface area (Å²) >= 11 is 1.41. The zero-order valence-electron chi connectivity index (χ0n) is 14.1. The smallest absolute Gasteiger partial charge is 0.230 e. The summed E-state index contributed by atoms with van der Waals surface area (Å²) in [5.74, 6) is 1.27. The van der Waals surface area contributed by atoms with Gasteiger partial charge in [0.1, 0.15) is 5.82 Å². The third-order valence-electron chi connectivity index (χ3n) is 4.28. The molecule has 8 nitrogen and oxygen atoms in total. The van der Waals surface area contributed by atoms with Crippen LogP contribution in [0, 0.1) is 0 Å². The van der Waals surface area contributed by atoms with Gasteiger partial charge in [0.25, 0.3) is 0 Å². The van der Waals surface area contributed by atoms with Crippen molar-refractivity contribution in [2.24, 2.45) is 7.05 Å². The molecule has 9 heteroatoms. The minimum atomic E-state index is 0.00762. The van der Waals surface area contributed by atoms with Gasteiger partial charge in [0, 0.05) is 33.3 Å². The number of thioether (sulfide) groups is 1. The highest BCUT2D eigenvalue weighted by Crippen LogP contribution is 2.17. The third kappa shape index (κ3) is 4.92. The number of morpholine rings is 1. The quantitative estimate of drug-likeness (QED) is 0.691. The van der Waals surface area contributed by atoms with E-state index in [1.165, 1.54) is 11.8 Å². The number of hydrogen-bond acceptors (Lipinski definition) is 7. The zero-order chi connectivity index (χ0) is 16.8. The van der Waals surface area contributed by atoms with Crippen LogP contribution in [0.25, 0.3) is 0 Å². The van der Waals surface area contributed by atoms with Crippen LogP contribution in [0.4, 0.5) is 0 Å². The number of carbonyl (C=O) groups is 1. The minimum absolute atomic E-state index is 0.00762. The summed E-state index contributed by atoms with van der Waals surface area (Å²) in [6.45, 7) is 5.54. The molecule has 1 aromatic heterocycles. The van der Waals surface area contributed by atoms with Crippen LogP contribution in [0.1, 0.15) is 18.7 Å². The molecule has 134 valence electrons. The number of hydrogen-bond donors (Lipinski definition) is 1. The van der Waals surface area contributed by atoms with Gasteiger partial charge < -0.3 is 19.4 Å². The molecule has 0 aromatic carbocycles. The van der Waals surface area contributed by atoms with Crippen molar-refractivity contribution in [3.63, 3.8) is 0 Å². The van der Waals surface area contributed by atoms with Crippen LogP contribution in [-0.2, 0) is 27.9 Å². The first-order valence-electron chi connectivity index (χ1n) is 8.42. The average molecular weight is 355 g/mol. The van der Waals surface area contributed by atoms with Gasteiger partial charge in [-0.1, -0.05) is 11.8 Å². The highest BCUT2D eigenvalue weighted by molar-refractivity contribution is 7.99. The second-order valence-corrected chi connectivity index (χ2v) is 7.02. The molecule has 0 spiro atoms. The highest BCUT2D eigenvalue weighted by atomic mass is 32.2. The number of aromatic nitrogens is 3. The maximum atomic E-state index is 11.9. The molecule has 1 aromatic rings. The first-order valence-corrected chi connectivity index (χ1v) is 9.40. The fraction of sp³-hybridized carbons (Fsp3) is 0.800. The summed E-state index contributed by atoms with van der Waals surface area (Å²) in [5, 5.41) is 12.2. The minimum Gasteiger partial charge on any atom is -0.379 e. The Hall–Kier alpha value is -1.16. The largest absolute Gasteiger partial charge is 0.379 e. The van der Waals surface area contributed by atoms with Crippen molar-refractivity contribution < 1.29 is 14.3 Å². The van der Waals surface area contributed by atoms with E-state index in [4.69, 9.17) is 9.47 Å². The Kier molecular flexibility index (Phi) is 6.47. The number of amides is 1. The molecule has 1 atom stereocenters. The van der Waals surface area contributed by atoms with Gasteiger partial charge in [-0.15, -0.1) is 10.2 Å². The van der Waals surface area contributed by atoms with E-state index in [1.807, 2.05) is 11.6 Å². The first kappa shape index (κ1) is 17.7. The number of ether oxygens (including phenoxy) is 2. The topological polar surface area (TPSA) is 81.5 Å². The summed E-state index contributed by atoms with van der Waals surface area (Å²) < 4.78 is 12.8. The van der Waals surface area contributed by atoms with Gasteiger partial charge in [0.05, 0.1) is 31.6 Å². The van der Waals surface area contributed by atoms with Gasteiger partial charge in [0.15, 0.2) is 5.16 Å². The molecule has 1 amide bonds. The second kappa shape index (κ2) is 8.80. The summed E-state index contributed by atoms with van der Waals surface area (Å²) in [4.78, 5) is 14.2. The van der Waals surface area contributed by atoms with Crippen molar-refractivity contribution in [1.82, 2.24) is 25.0 Å². The Morgan fingerprint density at radius 1 is 1.33 bits per heavy atom. The van der Waals surface area contributed by atoms with Crippen molar-refractivity contribution in [2.75, 3.05) is 45.2 Å². The number of nitrogens with one attached hydrogen (secondary N) is 1. The fourth-order valence-corrected chi connectivity index (χ4v) is 3.54. The average Bonchev–Trinajstić information content (AvgIpc) is 3.23. The van der Waals surface area contributed by atoms with Crippen molar-refractivity contribution >= 4 is 17.7 Å². The molecule has 2 saturated heterocycles. The summed E-state index contributed by atoms with van der Waals surface area (Å²) in [6, 6.07) is 0. The van der Waals surface area contributed by atoms with Crippen molar-refractivity contribution in [1.29, 1.82) is 0 Å². The van der Waals surface area contributed by atoms with Crippen LogP contribution < -0.4 is 5.32 Å². The van der Waals surface area contributed by atoms with Gasteiger partial charge >= 0.3 is 0 Å². The predicted octanol–water partition coefficient (Wildman–Crippen LogP) is 0.0346. The molecule has 3 rings (SSSR count). The summed E-state index contributed by atoms with van der Waals surface area (Å²) in [7, 11) is 1.95. The van der Waals surface area contributed by atoms with Crippen LogP contribution in [-0.4, -0.2) is 76.9 Å². The molecule has 2 aliphatic heterocycles. The maximum Gasteiger partial charge on any atom is 0.230 e. The highest BCUT2D eigenvalue weighted by Gasteiger charge is 2.18. The lowest BCUT2D eigenvalue weighted by molar-refractivity contribution is -0.119. The van der Waals surface area contributed by atoms with Crippen LogP contribution in [0.2, 0.25) is 0 Å². The van der Waals surface area contributed by atoms with Gasteiger partial charge in [-0.3, -0.25) is 9.69 Å². The first-order chi connectivity index (χ1) is 11.7. The third-order valence-corrected chi connectivity index (χ3v) is 5.30. The van der Waals surface area contributed by atoms with Gasteiger partial charge in [-0.2, -0.15) is 0 Å². The summed E-state index contributed by atoms with van der Waals surface area (Å²) in [6.07, 6.45) is 2.29. The van der Waals surface area contributed by atoms with Crippen molar-refractivity contribution in [2.45, 2.75) is 30.6 Å². The molecule has 0 radical (unpaired) electrons. The molecule has 0 bridgehead atoms. The lowest BCUT2D eigenvalue weighted by Crippen LogP contribution is -2.36. The van der Waals surface area contributed by atoms with Crippen LogP contribution >= 0.6 is 11.8 Å². The molecule has 3 heterocycles. The van der Waals surface area contributed by atoms with E-state index < -0.39 is 0 Å². The van der Waals surface area contributed by atoms with E-state index >= 15 is 0 Å². The molecule has 0 unspecified atom stereocenters.